The van der Waals surface area contributed by atoms with Crippen LogP contribution in [0.4, 0.5) is 19.2 Å². The highest BCUT2D eigenvalue weighted by atomic mass is 79.9. The summed E-state index contributed by atoms with van der Waals surface area (Å²) in [6.07, 6.45) is 5.47. The van der Waals surface area contributed by atoms with Crippen molar-refractivity contribution in [1.29, 1.82) is 0 Å². The van der Waals surface area contributed by atoms with Crippen LogP contribution in [0.5, 0.6) is 0 Å². The summed E-state index contributed by atoms with van der Waals surface area (Å²) in [4.78, 5) is 48.0. The van der Waals surface area contributed by atoms with E-state index >= 15 is 0 Å². The van der Waals surface area contributed by atoms with Gasteiger partial charge in [-0.15, -0.1) is 0 Å². The van der Waals surface area contributed by atoms with Gasteiger partial charge in [-0.05, 0) is 148 Å². The monoisotopic (exact) mass is 893 g/mol. The predicted molar refractivity (Wildman–Crippen MR) is 232 cm³/mol. The number of alkyl halides is 1. The first-order valence-electron chi connectivity index (χ1n) is 20.6. The molecule has 0 atom stereocenters. The lowest BCUT2D eigenvalue weighted by Crippen LogP contribution is -2.34. The summed E-state index contributed by atoms with van der Waals surface area (Å²) >= 11 is 3.35. The number of amides is 2. The van der Waals surface area contributed by atoms with Gasteiger partial charge in [0.25, 0.3) is 0 Å². The first kappa shape index (κ1) is 61.3. The minimum atomic E-state index is -1.06. The number of carbonyl (C=O) groups is 4. The SMILES string of the molecule is C1CCOC1.CC(C)(C)OC(=O)OC(=O)OC(C)(C)C.CN(CCCCBr)C(=O)OC(C)(C)C.CN(CCCCO)C(=O)OC(C)(C)C.CNCCCCO.[2H]CC. The van der Waals surface area contributed by atoms with E-state index < -0.39 is 34.7 Å². The number of nitrogens with zero attached hydrogens (tertiary/aromatic N) is 2. The van der Waals surface area contributed by atoms with Gasteiger partial charge in [-0.25, -0.2) is 19.2 Å². The van der Waals surface area contributed by atoms with Gasteiger partial charge in [0, 0.05) is 60.3 Å². The Balaban J connectivity index is -0.000000206. The molecule has 1 rings (SSSR count). The van der Waals surface area contributed by atoms with Crippen molar-refractivity contribution >= 4 is 40.4 Å². The lowest BCUT2D eigenvalue weighted by Gasteiger charge is -2.24. The lowest BCUT2D eigenvalue weighted by atomic mass is 10.2. The van der Waals surface area contributed by atoms with Crippen LogP contribution in [0.25, 0.3) is 0 Å². The molecule has 0 aromatic heterocycles. The third-order valence-electron chi connectivity index (χ3n) is 5.80. The molecule has 1 saturated heterocycles. The molecule has 1 fully saturated rings. The van der Waals surface area contributed by atoms with E-state index in [0.29, 0.717) is 26.5 Å². The van der Waals surface area contributed by atoms with Crippen molar-refractivity contribution < 1.29 is 59.2 Å². The second-order valence-corrected chi connectivity index (χ2v) is 17.3. The minimum Gasteiger partial charge on any atom is -0.444 e. The van der Waals surface area contributed by atoms with Crippen molar-refractivity contribution in [2.75, 3.05) is 72.5 Å². The number of nitrogens with one attached hydrogen (secondary N) is 1. The molecule has 0 aromatic rings. The fraction of sp³-hybridized carbons (Fsp3) is 0.902. The molecule has 0 saturated carbocycles. The van der Waals surface area contributed by atoms with Crippen molar-refractivity contribution in [3.05, 3.63) is 0 Å². The predicted octanol–water partition coefficient (Wildman–Crippen LogP) is 9.33. The quantitative estimate of drug-likeness (QED) is 0.0555. The Morgan fingerprint density at radius 1 is 0.649 bits per heavy atom. The van der Waals surface area contributed by atoms with E-state index in [9.17, 15) is 19.2 Å². The van der Waals surface area contributed by atoms with Gasteiger partial charge in [-0.2, -0.15) is 0 Å². The average Bonchev–Trinajstić information content (AvgIpc) is 3.64. The molecule has 0 aliphatic carbocycles. The smallest absolute Gasteiger partial charge is 0.444 e. The Bertz CT molecular complexity index is 917. The number of carbonyl (C=O) groups excluding carboxylic acids is 4. The number of hydrogen-bond donors (Lipinski definition) is 3. The van der Waals surface area contributed by atoms with Crippen LogP contribution in [0.15, 0.2) is 0 Å². The van der Waals surface area contributed by atoms with Gasteiger partial charge in [0.05, 0.1) is 0 Å². The summed E-state index contributed by atoms with van der Waals surface area (Å²) < 4.78 is 35.3. The number of halogens is 1. The maximum Gasteiger partial charge on any atom is 0.519 e. The summed E-state index contributed by atoms with van der Waals surface area (Å²) in [5, 5.41) is 20.8. The van der Waals surface area contributed by atoms with Gasteiger partial charge >= 0.3 is 24.5 Å². The molecule has 0 radical (unpaired) electrons. The van der Waals surface area contributed by atoms with Gasteiger partial charge in [0.15, 0.2) is 0 Å². The van der Waals surface area contributed by atoms with Crippen LogP contribution in [0.2, 0.25) is 0 Å². The Morgan fingerprint density at radius 2 is 0.982 bits per heavy atom. The Labute approximate surface area is 357 Å². The normalized spacial score (nSPS) is 12.2. The summed E-state index contributed by atoms with van der Waals surface area (Å²) in [6, 6.07) is 0. The number of unbranched alkanes of at least 4 members (excludes halogenated alkanes) is 3. The molecule has 1 heterocycles. The van der Waals surface area contributed by atoms with E-state index in [2.05, 4.69) is 26.0 Å². The molecule has 57 heavy (non-hydrogen) atoms. The summed E-state index contributed by atoms with van der Waals surface area (Å²) in [6.45, 7) is 28.3. The van der Waals surface area contributed by atoms with Gasteiger partial charge < -0.3 is 53.8 Å². The van der Waals surface area contributed by atoms with Gasteiger partial charge in [0.2, 0.25) is 0 Å². The van der Waals surface area contributed by atoms with E-state index in [1.807, 2.05) is 48.6 Å². The van der Waals surface area contributed by atoms with Crippen LogP contribution in [0, 0.1) is 0 Å². The van der Waals surface area contributed by atoms with E-state index in [1.54, 1.807) is 67.5 Å². The van der Waals surface area contributed by atoms with Crippen LogP contribution in [-0.4, -0.2) is 139 Å². The average molecular weight is 894 g/mol. The highest BCUT2D eigenvalue weighted by molar-refractivity contribution is 9.09. The van der Waals surface area contributed by atoms with E-state index in [4.69, 9.17) is 35.3 Å². The first-order valence-corrected chi connectivity index (χ1v) is 21.0. The molecule has 2 amide bonds. The van der Waals surface area contributed by atoms with Crippen LogP contribution in [0.1, 0.15) is 150 Å². The molecule has 0 bridgehead atoms. The largest absolute Gasteiger partial charge is 0.519 e. The minimum absolute atomic E-state index is 0.169. The molecular weight excluding hydrogens is 806 g/mol. The zero-order chi connectivity index (χ0) is 46.4. The van der Waals surface area contributed by atoms with Crippen molar-refractivity contribution in [2.24, 2.45) is 0 Å². The number of hydrogen-bond acceptors (Lipinski definition) is 13. The number of aliphatic hydroxyl groups excluding tert-OH is 2. The van der Waals surface area contributed by atoms with Crippen molar-refractivity contribution in [3.63, 3.8) is 0 Å². The number of ether oxygens (including phenoxy) is 6. The van der Waals surface area contributed by atoms with Crippen LogP contribution >= 0.6 is 15.9 Å². The van der Waals surface area contributed by atoms with Gasteiger partial charge in [-0.1, -0.05) is 29.8 Å². The molecule has 15 nitrogen and oxygen atoms in total. The number of rotatable bonds is 12. The lowest BCUT2D eigenvalue weighted by molar-refractivity contribution is -0.0294. The fourth-order valence-corrected chi connectivity index (χ4v) is 3.70. The van der Waals surface area contributed by atoms with Crippen LogP contribution < -0.4 is 5.32 Å². The zero-order valence-corrected chi connectivity index (χ0v) is 40.4. The van der Waals surface area contributed by atoms with E-state index in [-0.39, 0.29) is 18.8 Å². The molecule has 344 valence electrons. The van der Waals surface area contributed by atoms with Crippen molar-refractivity contribution in [1.82, 2.24) is 15.1 Å². The Hall–Kier alpha value is -2.40. The summed E-state index contributed by atoms with van der Waals surface area (Å²) in [5.74, 6) is 0. The summed E-state index contributed by atoms with van der Waals surface area (Å²) in [7, 11) is 5.38. The molecular formula is C41H86BrN3O12. The third kappa shape index (κ3) is 60.4. The Kier molecular flexibility index (Phi) is 40.7. The standard InChI is InChI=1S/C10H20BrNO2.C10H21NO3.C10H18O5.C5H13NO.C4H8O.C2H6/c1-10(2,3)14-9(13)12(4)8-6-5-7-11;1-10(2,3)14-9(13)11(4)7-5-6-8-12;1-9(2,3)14-7(11)13-8(12)15-10(4,5)6;1-6-4-2-3-5-7;1-2-4-5-3-1;1-2/h5-8H2,1-4H3;12H,5-8H2,1-4H3;1-6H3;6-7H,2-5H2,1H3;1-4H2;1-2H3/i;;;;;1D. The second kappa shape index (κ2) is 37.8. The first-order chi connectivity index (χ1) is 26.6. The van der Waals surface area contributed by atoms with Gasteiger partial charge in [-0.3, -0.25) is 0 Å². The van der Waals surface area contributed by atoms with Crippen LogP contribution in [-0.2, 0) is 28.4 Å². The maximum absolute atomic E-state index is 11.4. The van der Waals surface area contributed by atoms with Crippen molar-refractivity contribution in [3.8, 4) is 0 Å². The molecule has 0 aromatic carbocycles. The molecule has 16 heteroatoms. The van der Waals surface area contributed by atoms with Crippen molar-refractivity contribution in [2.45, 2.75) is 171 Å². The topological polar surface area (TPSA) is 183 Å². The number of aliphatic hydroxyl groups is 2. The molecule has 0 unspecified atom stereocenters. The molecule has 1 aliphatic rings. The van der Waals surface area contributed by atoms with E-state index in [0.717, 1.165) is 63.7 Å². The second-order valence-electron chi connectivity index (χ2n) is 16.5. The third-order valence-corrected chi connectivity index (χ3v) is 6.36. The molecule has 0 spiro atoms. The Morgan fingerprint density at radius 3 is 1.25 bits per heavy atom. The van der Waals surface area contributed by atoms with Crippen LogP contribution in [0.3, 0.4) is 0 Å². The van der Waals surface area contributed by atoms with Gasteiger partial charge in [0.1, 0.15) is 22.4 Å². The summed E-state index contributed by atoms with van der Waals surface area (Å²) in [5.41, 5.74) is -2.23. The maximum atomic E-state index is 11.4. The highest BCUT2D eigenvalue weighted by Gasteiger charge is 2.24. The highest BCUT2D eigenvalue weighted by Crippen LogP contribution is 2.12. The molecule has 1 aliphatic heterocycles. The van der Waals surface area contributed by atoms with E-state index in [1.165, 1.54) is 17.7 Å². The molecule has 3 N–H and O–H groups in total. The fourth-order valence-electron chi connectivity index (χ4n) is 3.30. The zero-order valence-electron chi connectivity index (χ0n) is 39.8.